The molecule has 0 saturated heterocycles. The predicted octanol–water partition coefficient (Wildman–Crippen LogP) is 4.30. The topological polar surface area (TPSA) is 35.8 Å². The summed E-state index contributed by atoms with van der Waals surface area (Å²) in [4.78, 5) is 0. The van der Waals surface area contributed by atoms with Gasteiger partial charge >= 0.3 is 0 Å². The van der Waals surface area contributed by atoms with Crippen molar-refractivity contribution in [3.8, 4) is 6.07 Å². The Morgan fingerprint density at radius 2 is 2.17 bits per heavy atom. The number of nitrogens with one attached hydrogen (secondary N) is 1. The maximum atomic E-state index is 9.14. The van der Waals surface area contributed by atoms with Crippen molar-refractivity contribution < 1.29 is 0 Å². The maximum Gasteiger partial charge on any atom is 0.101 e. The van der Waals surface area contributed by atoms with Gasteiger partial charge in [0.2, 0.25) is 0 Å². The van der Waals surface area contributed by atoms with E-state index in [1.165, 1.54) is 25.7 Å². The Labute approximate surface area is 118 Å². The molecule has 1 aliphatic rings. The molecule has 1 fully saturated rings. The zero-order valence-electron chi connectivity index (χ0n) is 10.4. The zero-order chi connectivity index (χ0) is 13.0. The van der Waals surface area contributed by atoms with Crippen LogP contribution in [0.25, 0.3) is 0 Å². The Balaban J connectivity index is 2.15. The van der Waals surface area contributed by atoms with Gasteiger partial charge in [-0.05, 0) is 37.3 Å². The van der Waals surface area contributed by atoms with Crippen molar-refractivity contribution >= 4 is 29.1 Å². The first-order chi connectivity index (χ1) is 8.74. The minimum Gasteiger partial charge on any atom is -0.380 e. The van der Waals surface area contributed by atoms with Crippen LogP contribution in [-0.2, 0) is 0 Å². The van der Waals surface area contributed by atoms with Crippen molar-refractivity contribution in [2.45, 2.75) is 37.0 Å². The Morgan fingerprint density at radius 1 is 1.39 bits per heavy atom. The molecule has 18 heavy (non-hydrogen) atoms. The van der Waals surface area contributed by atoms with E-state index in [1.54, 1.807) is 6.07 Å². The third-order valence-corrected chi connectivity index (χ3v) is 4.85. The molecule has 0 radical (unpaired) electrons. The number of hydrogen-bond donors (Lipinski definition) is 1. The highest BCUT2D eigenvalue weighted by Gasteiger charge is 2.24. The summed E-state index contributed by atoms with van der Waals surface area (Å²) in [5.74, 6) is 0. The van der Waals surface area contributed by atoms with Gasteiger partial charge in [0, 0.05) is 16.3 Å². The highest BCUT2D eigenvalue weighted by atomic mass is 35.5. The number of rotatable bonds is 3. The fourth-order valence-electron chi connectivity index (χ4n) is 2.48. The highest BCUT2D eigenvalue weighted by molar-refractivity contribution is 7.99. The van der Waals surface area contributed by atoms with Crippen LogP contribution in [0, 0.1) is 11.3 Å². The van der Waals surface area contributed by atoms with E-state index >= 15 is 0 Å². The standard InChI is InChI=1S/C14H17ClN2S/c1-18-14-5-3-2-4-13(14)17-12-7-6-11(15)8-10(12)9-16/h6-8,13-14,17H,2-5H2,1H3. The predicted molar refractivity (Wildman–Crippen MR) is 79.3 cm³/mol. The monoisotopic (exact) mass is 280 g/mol. The summed E-state index contributed by atoms with van der Waals surface area (Å²) >= 11 is 7.83. The number of nitrogens with zero attached hydrogens (tertiary/aromatic N) is 1. The summed E-state index contributed by atoms with van der Waals surface area (Å²) in [5.41, 5.74) is 1.54. The van der Waals surface area contributed by atoms with Crippen molar-refractivity contribution in [2.24, 2.45) is 0 Å². The van der Waals surface area contributed by atoms with Gasteiger partial charge in [-0.15, -0.1) is 0 Å². The van der Waals surface area contributed by atoms with Gasteiger partial charge in [-0.3, -0.25) is 0 Å². The van der Waals surface area contributed by atoms with E-state index < -0.39 is 0 Å². The molecule has 0 aromatic heterocycles. The lowest BCUT2D eigenvalue weighted by atomic mass is 9.94. The van der Waals surface area contributed by atoms with E-state index in [0.29, 0.717) is 21.9 Å². The van der Waals surface area contributed by atoms with E-state index in [2.05, 4.69) is 17.6 Å². The summed E-state index contributed by atoms with van der Waals surface area (Å²) in [6.45, 7) is 0. The van der Waals surface area contributed by atoms with Crippen LogP contribution in [0.2, 0.25) is 5.02 Å². The summed E-state index contributed by atoms with van der Waals surface area (Å²) < 4.78 is 0. The molecule has 4 heteroatoms. The molecule has 1 aliphatic carbocycles. The molecular weight excluding hydrogens is 264 g/mol. The summed E-state index contributed by atoms with van der Waals surface area (Å²) in [6.07, 6.45) is 7.19. The van der Waals surface area contributed by atoms with E-state index in [0.717, 1.165) is 5.69 Å². The van der Waals surface area contributed by atoms with Gasteiger partial charge in [0.25, 0.3) is 0 Å². The van der Waals surface area contributed by atoms with Crippen LogP contribution < -0.4 is 5.32 Å². The normalized spacial score (nSPS) is 23.4. The number of hydrogen-bond acceptors (Lipinski definition) is 3. The summed E-state index contributed by atoms with van der Waals surface area (Å²) in [7, 11) is 0. The third-order valence-electron chi connectivity index (χ3n) is 3.45. The van der Waals surface area contributed by atoms with Crippen molar-refractivity contribution in [1.82, 2.24) is 0 Å². The highest BCUT2D eigenvalue weighted by Crippen LogP contribution is 2.30. The second-order valence-electron chi connectivity index (χ2n) is 4.61. The molecule has 0 heterocycles. The lowest BCUT2D eigenvalue weighted by Crippen LogP contribution is -2.34. The second-order valence-corrected chi connectivity index (χ2v) is 6.12. The zero-order valence-corrected chi connectivity index (χ0v) is 12.0. The van der Waals surface area contributed by atoms with Crippen molar-refractivity contribution in [1.29, 1.82) is 5.26 Å². The molecule has 0 bridgehead atoms. The van der Waals surface area contributed by atoms with Gasteiger partial charge in [-0.25, -0.2) is 0 Å². The Kier molecular flexibility index (Phi) is 4.79. The first-order valence-electron chi connectivity index (χ1n) is 6.23. The van der Waals surface area contributed by atoms with Gasteiger partial charge in [0.05, 0.1) is 11.3 Å². The molecule has 0 spiro atoms. The van der Waals surface area contributed by atoms with E-state index in [1.807, 2.05) is 23.9 Å². The second kappa shape index (κ2) is 6.36. The van der Waals surface area contributed by atoms with E-state index in [-0.39, 0.29) is 0 Å². The maximum absolute atomic E-state index is 9.14. The third kappa shape index (κ3) is 3.13. The van der Waals surface area contributed by atoms with E-state index in [9.17, 15) is 0 Å². The molecule has 2 nitrogen and oxygen atoms in total. The Morgan fingerprint density at radius 3 is 2.89 bits per heavy atom. The van der Waals surface area contributed by atoms with Gasteiger partial charge in [0.1, 0.15) is 6.07 Å². The number of thioether (sulfide) groups is 1. The molecular formula is C14H17ClN2S. The number of anilines is 1. The minimum atomic E-state index is 0.460. The first-order valence-corrected chi connectivity index (χ1v) is 7.90. The van der Waals surface area contributed by atoms with Gasteiger partial charge in [-0.2, -0.15) is 17.0 Å². The molecule has 2 rings (SSSR count). The van der Waals surface area contributed by atoms with Crippen LogP contribution >= 0.6 is 23.4 Å². The molecule has 2 atom stereocenters. The largest absolute Gasteiger partial charge is 0.380 e. The van der Waals surface area contributed by atoms with Crippen LogP contribution in [0.4, 0.5) is 5.69 Å². The number of halogens is 1. The molecule has 0 aliphatic heterocycles. The fourth-order valence-corrected chi connectivity index (χ4v) is 3.59. The van der Waals surface area contributed by atoms with Gasteiger partial charge in [-0.1, -0.05) is 24.4 Å². The number of nitriles is 1. The molecule has 1 saturated carbocycles. The molecule has 1 aromatic carbocycles. The van der Waals surface area contributed by atoms with E-state index in [4.69, 9.17) is 16.9 Å². The molecule has 2 unspecified atom stereocenters. The smallest absolute Gasteiger partial charge is 0.101 e. The van der Waals surface area contributed by atoms with Gasteiger partial charge in [0.15, 0.2) is 0 Å². The van der Waals surface area contributed by atoms with Crippen LogP contribution in [0.15, 0.2) is 18.2 Å². The summed E-state index contributed by atoms with van der Waals surface area (Å²) in [5, 5.41) is 13.9. The Bertz CT molecular complexity index is 456. The van der Waals surface area contributed by atoms with Crippen molar-refractivity contribution in [2.75, 3.05) is 11.6 Å². The Hall–Kier alpha value is -0.850. The average molecular weight is 281 g/mol. The number of benzene rings is 1. The molecule has 96 valence electrons. The minimum absolute atomic E-state index is 0.460. The van der Waals surface area contributed by atoms with Crippen LogP contribution in [0.1, 0.15) is 31.2 Å². The van der Waals surface area contributed by atoms with Crippen molar-refractivity contribution in [3.05, 3.63) is 28.8 Å². The quantitative estimate of drug-likeness (QED) is 0.897. The SMILES string of the molecule is CSC1CCCCC1Nc1ccc(Cl)cc1C#N. The molecule has 1 aromatic rings. The lowest BCUT2D eigenvalue weighted by molar-refractivity contribution is 0.475. The molecule has 0 amide bonds. The lowest BCUT2D eigenvalue weighted by Gasteiger charge is -2.32. The van der Waals surface area contributed by atoms with Gasteiger partial charge < -0.3 is 5.32 Å². The van der Waals surface area contributed by atoms with Crippen LogP contribution in [0.3, 0.4) is 0 Å². The van der Waals surface area contributed by atoms with Crippen LogP contribution in [0.5, 0.6) is 0 Å². The molecule has 1 N–H and O–H groups in total. The fraction of sp³-hybridized carbons (Fsp3) is 0.500. The average Bonchev–Trinajstić information content (AvgIpc) is 2.41. The van der Waals surface area contributed by atoms with Crippen molar-refractivity contribution in [3.63, 3.8) is 0 Å². The first kappa shape index (κ1) is 13.6. The van der Waals surface area contributed by atoms with Crippen LogP contribution in [-0.4, -0.2) is 17.5 Å². The summed E-state index contributed by atoms with van der Waals surface area (Å²) in [6, 6.07) is 8.13.